The molecule has 2 aliphatic carbocycles. The molecule has 2 nitrogen and oxygen atoms in total. The highest BCUT2D eigenvalue weighted by molar-refractivity contribution is 5.93. The maximum atomic E-state index is 12.8. The summed E-state index contributed by atoms with van der Waals surface area (Å²) in [5.74, 6) is 0.517. The Morgan fingerprint density at radius 1 is 1.25 bits per heavy atom. The van der Waals surface area contributed by atoms with E-state index in [1.54, 1.807) is 12.1 Å². The summed E-state index contributed by atoms with van der Waals surface area (Å²) in [5, 5.41) is 4.41. The Bertz CT molecular complexity index is 534. The molecule has 3 heteroatoms. The van der Waals surface area contributed by atoms with E-state index >= 15 is 0 Å². The molecule has 0 aliphatic heterocycles. The second-order valence-corrected chi connectivity index (χ2v) is 6.93. The van der Waals surface area contributed by atoms with E-state index in [9.17, 15) is 4.39 Å². The van der Waals surface area contributed by atoms with Crippen LogP contribution in [0.3, 0.4) is 0 Å². The summed E-state index contributed by atoms with van der Waals surface area (Å²) in [6, 6.07) is 6.38. The quantitative estimate of drug-likeness (QED) is 0.742. The molecule has 0 spiro atoms. The first kappa shape index (κ1) is 13.6. The van der Waals surface area contributed by atoms with E-state index in [1.807, 2.05) is 0 Å². The van der Waals surface area contributed by atoms with Gasteiger partial charge in [0.05, 0.1) is 5.71 Å². The van der Waals surface area contributed by atoms with E-state index in [0.29, 0.717) is 12.0 Å². The minimum absolute atomic E-state index is 0.181. The van der Waals surface area contributed by atoms with Crippen molar-refractivity contribution in [2.45, 2.75) is 46.6 Å². The first-order valence-corrected chi connectivity index (χ1v) is 7.37. The van der Waals surface area contributed by atoms with E-state index in [-0.39, 0.29) is 11.2 Å². The van der Waals surface area contributed by atoms with Gasteiger partial charge in [0.25, 0.3) is 0 Å². The van der Waals surface area contributed by atoms with E-state index in [0.717, 1.165) is 17.9 Å². The molecule has 0 heterocycles. The van der Waals surface area contributed by atoms with Crippen LogP contribution in [0.25, 0.3) is 0 Å². The SMILES string of the molecule is CC12CCC(CC1=NOCc1ccc(F)cc1)C2(C)C. The summed E-state index contributed by atoms with van der Waals surface area (Å²) in [6.45, 7) is 7.44. The predicted octanol–water partition coefficient (Wildman–Crippen LogP) is 4.54. The third kappa shape index (κ3) is 1.95. The molecular formula is C17H22FNO. The molecule has 0 aromatic heterocycles. The molecular weight excluding hydrogens is 253 g/mol. The molecule has 1 aromatic carbocycles. The topological polar surface area (TPSA) is 21.6 Å². The van der Waals surface area contributed by atoms with Crippen LogP contribution in [0.4, 0.5) is 4.39 Å². The van der Waals surface area contributed by atoms with Crippen molar-refractivity contribution >= 4 is 5.71 Å². The number of hydrogen-bond donors (Lipinski definition) is 0. The summed E-state index contributed by atoms with van der Waals surface area (Å²) < 4.78 is 12.8. The van der Waals surface area contributed by atoms with E-state index in [2.05, 4.69) is 25.9 Å². The Morgan fingerprint density at radius 2 is 1.95 bits per heavy atom. The lowest BCUT2D eigenvalue weighted by molar-refractivity contribution is 0.123. The van der Waals surface area contributed by atoms with Gasteiger partial charge in [-0.25, -0.2) is 4.39 Å². The van der Waals surface area contributed by atoms with Crippen molar-refractivity contribution in [1.82, 2.24) is 0 Å². The van der Waals surface area contributed by atoms with Gasteiger partial charge < -0.3 is 4.84 Å². The second kappa shape index (κ2) is 4.57. The minimum atomic E-state index is -0.220. The van der Waals surface area contributed by atoms with Gasteiger partial charge >= 0.3 is 0 Å². The van der Waals surface area contributed by atoms with Crippen LogP contribution in [0.5, 0.6) is 0 Å². The van der Waals surface area contributed by atoms with E-state index < -0.39 is 0 Å². The normalized spacial score (nSPS) is 32.8. The van der Waals surface area contributed by atoms with Gasteiger partial charge in [-0.2, -0.15) is 0 Å². The molecule has 2 fully saturated rings. The van der Waals surface area contributed by atoms with Gasteiger partial charge in [0.15, 0.2) is 0 Å². The number of rotatable bonds is 3. The monoisotopic (exact) mass is 275 g/mol. The van der Waals surface area contributed by atoms with Crippen LogP contribution >= 0.6 is 0 Å². The largest absolute Gasteiger partial charge is 0.391 e. The molecule has 1 aromatic rings. The first-order chi connectivity index (χ1) is 9.43. The van der Waals surface area contributed by atoms with Crippen LogP contribution in [0.2, 0.25) is 0 Å². The summed E-state index contributed by atoms with van der Waals surface area (Å²) >= 11 is 0. The third-order valence-electron chi connectivity index (χ3n) is 5.83. The zero-order valence-electron chi connectivity index (χ0n) is 12.4. The lowest BCUT2D eigenvalue weighted by Crippen LogP contribution is -2.32. The first-order valence-electron chi connectivity index (χ1n) is 7.37. The van der Waals surface area contributed by atoms with Crippen molar-refractivity contribution in [2.24, 2.45) is 21.9 Å². The number of oxime groups is 1. The predicted molar refractivity (Wildman–Crippen MR) is 77.9 cm³/mol. The third-order valence-corrected chi connectivity index (χ3v) is 5.83. The van der Waals surface area contributed by atoms with Gasteiger partial charge in [0.2, 0.25) is 0 Å². The minimum Gasteiger partial charge on any atom is -0.391 e. The molecule has 0 radical (unpaired) electrons. The molecule has 0 N–H and O–H groups in total. The summed E-state index contributed by atoms with van der Waals surface area (Å²) in [7, 11) is 0. The highest BCUT2D eigenvalue weighted by Crippen LogP contribution is 2.63. The summed E-state index contributed by atoms with van der Waals surface area (Å²) in [4.78, 5) is 5.52. The Balaban J connectivity index is 1.68. The molecule has 3 rings (SSSR count). The zero-order chi connectivity index (χ0) is 14.4. The zero-order valence-corrected chi connectivity index (χ0v) is 12.4. The Morgan fingerprint density at radius 3 is 2.50 bits per heavy atom. The molecule has 20 heavy (non-hydrogen) atoms. The molecule has 2 aliphatic rings. The van der Waals surface area contributed by atoms with Gasteiger partial charge in [-0.05, 0) is 48.3 Å². The second-order valence-electron chi connectivity index (χ2n) is 6.93. The van der Waals surface area contributed by atoms with E-state index in [1.165, 1.54) is 30.7 Å². The molecule has 0 saturated heterocycles. The van der Waals surface area contributed by atoms with Crippen LogP contribution in [-0.2, 0) is 11.4 Å². The van der Waals surface area contributed by atoms with Crippen molar-refractivity contribution in [3.05, 3.63) is 35.6 Å². The molecule has 2 unspecified atom stereocenters. The summed E-state index contributed by atoms with van der Waals surface area (Å²) in [6.07, 6.45) is 3.58. The lowest BCUT2D eigenvalue weighted by Gasteiger charge is -2.34. The van der Waals surface area contributed by atoms with Gasteiger partial charge in [-0.1, -0.05) is 38.1 Å². The van der Waals surface area contributed by atoms with Crippen LogP contribution in [0.1, 0.15) is 45.6 Å². The average Bonchev–Trinajstić information content (AvgIpc) is 2.74. The van der Waals surface area contributed by atoms with Gasteiger partial charge in [0, 0.05) is 5.41 Å². The number of hydrogen-bond acceptors (Lipinski definition) is 2. The van der Waals surface area contributed by atoms with Crippen molar-refractivity contribution in [3.8, 4) is 0 Å². The van der Waals surface area contributed by atoms with Crippen molar-refractivity contribution in [3.63, 3.8) is 0 Å². The molecule has 2 bridgehead atoms. The van der Waals surface area contributed by atoms with Crippen molar-refractivity contribution in [1.29, 1.82) is 0 Å². The Hall–Kier alpha value is -1.38. The maximum Gasteiger partial charge on any atom is 0.142 e. The molecule has 2 atom stereocenters. The van der Waals surface area contributed by atoms with E-state index in [4.69, 9.17) is 4.84 Å². The van der Waals surface area contributed by atoms with Gasteiger partial charge in [-0.3, -0.25) is 0 Å². The fourth-order valence-corrected chi connectivity index (χ4v) is 3.83. The Kier molecular flexibility index (Phi) is 3.11. The number of nitrogens with zero attached hydrogens (tertiary/aromatic N) is 1. The fraction of sp³-hybridized carbons (Fsp3) is 0.588. The fourth-order valence-electron chi connectivity index (χ4n) is 3.83. The van der Waals surface area contributed by atoms with Crippen LogP contribution in [-0.4, -0.2) is 5.71 Å². The van der Waals surface area contributed by atoms with Crippen molar-refractivity contribution < 1.29 is 9.23 Å². The number of halogens is 1. The summed E-state index contributed by atoms with van der Waals surface area (Å²) in [5.41, 5.74) is 2.66. The van der Waals surface area contributed by atoms with Gasteiger partial charge in [-0.15, -0.1) is 0 Å². The van der Waals surface area contributed by atoms with Gasteiger partial charge in [0.1, 0.15) is 12.4 Å². The highest BCUT2D eigenvalue weighted by atomic mass is 19.1. The molecule has 2 saturated carbocycles. The average molecular weight is 275 g/mol. The Labute approximate surface area is 120 Å². The lowest BCUT2D eigenvalue weighted by atomic mass is 9.70. The van der Waals surface area contributed by atoms with Crippen LogP contribution < -0.4 is 0 Å². The smallest absolute Gasteiger partial charge is 0.142 e. The number of benzene rings is 1. The van der Waals surface area contributed by atoms with Crippen LogP contribution in [0, 0.1) is 22.6 Å². The van der Waals surface area contributed by atoms with Crippen molar-refractivity contribution in [2.75, 3.05) is 0 Å². The number of fused-ring (bicyclic) bond motifs is 2. The van der Waals surface area contributed by atoms with Crippen LogP contribution in [0.15, 0.2) is 29.4 Å². The maximum absolute atomic E-state index is 12.8. The standard InChI is InChI=1S/C17H22FNO/c1-16(2)13-8-9-17(16,3)15(10-13)19-20-11-12-4-6-14(18)7-5-12/h4-7,13H,8-11H2,1-3H3. The highest BCUT2D eigenvalue weighted by Gasteiger charge is 2.60. The molecule has 0 amide bonds. The molecule has 108 valence electrons.